The SMILES string of the molecule is CN(C)c1ncnn2c([C@@H]3OC[C@@H](O)[C@@]3(C)O)ccc12. The van der Waals surface area contributed by atoms with E-state index in [4.69, 9.17) is 4.74 Å². The van der Waals surface area contributed by atoms with Crippen molar-refractivity contribution in [1.82, 2.24) is 14.6 Å². The molecule has 3 rings (SSSR count). The molecule has 2 aromatic heterocycles. The third-order valence-corrected chi connectivity index (χ3v) is 3.78. The monoisotopic (exact) mass is 278 g/mol. The summed E-state index contributed by atoms with van der Waals surface area (Å²) in [6.45, 7) is 1.68. The van der Waals surface area contributed by atoms with Gasteiger partial charge in [-0.3, -0.25) is 0 Å². The van der Waals surface area contributed by atoms with E-state index in [9.17, 15) is 10.2 Å². The lowest BCUT2D eigenvalue weighted by Gasteiger charge is -2.26. The summed E-state index contributed by atoms with van der Waals surface area (Å²) >= 11 is 0. The average Bonchev–Trinajstić information content (AvgIpc) is 2.91. The minimum absolute atomic E-state index is 0.108. The van der Waals surface area contributed by atoms with Crippen LogP contribution in [0.5, 0.6) is 0 Å². The predicted molar refractivity (Wildman–Crippen MR) is 72.6 cm³/mol. The summed E-state index contributed by atoms with van der Waals surface area (Å²) < 4.78 is 7.23. The van der Waals surface area contributed by atoms with Gasteiger partial charge in [0.2, 0.25) is 0 Å². The summed E-state index contributed by atoms with van der Waals surface area (Å²) in [5, 5.41) is 24.4. The van der Waals surface area contributed by atoms with E-state index >= 15 is 0 Å². The molecule has 0 aliphatic carbocycles. The lowest BCUT2D eigenvalue weighted by atomic mass is 9.94. The Labute approximate surface area is 116 Å². The van der Waals surface area contributed by atoms with Gasteiger partial charge in [0.1, 0.15) is 29.7 Å². The average molecular weight is 278 g/mol. The Kier molecular flexibility index (Phi) is 2.93. The quantitative estimate of drug-likeness (QED) is 0.803. The molecule has 2 aromatic rings. The number of aliphatic hydroxyl groups excluding tert-OH is 1. The molecule has 0 spiro atoms. The van der Waals surface area contributed by atoms with Gasteiger partial charge in [0, 0.05) is 14.1 Å². The molecule has 0 bridgehead atoms. The summed E-state index contributed by atoms with van der Waals surface area (Å²) in [4.78, 5) is 6.13. The molecule has 20 heavy (non-hydrogen) atoms. The summed E-state index contributed by atoms with van der Waals surface area (Å²) in [6, 6.07) is 3.73. The Balaban J connectivity index is 2.13. The number of nitrogens with zero attached hydrogens (tertiary/aromatic N) is 4. The van der Waals surface area contributed by atoms with Crippen LogP contribution >= 0.6 is 0 Å². The van der Waals surface area contributed by atoms with Gasteiger partial charge >= 0.3 is 0 Å². The molecule has 0 radical (unpaired) electrons. The standard InChI is InChI=1S/C13H18N4O3/c1-13(19)10(18)6-20-11(13)8-4-5-9-12(16(2)3)14-7-15-17(8)9/h4-5,7,10-11,18-19H,6H2,1-3H3/t10-,11+,13-/m1/s1. The van der Waals surface area contributed by atoms with Crippen LogP contribution in [0.25, 0.3) is 5.52 Å². The van der Waals surface area contributed by atoms with Crippen molar-refractivity contribution in [1.29, 1.82) is 0 Å². The van der Waals surface area contributed by atoms with Crippen LogP contribution in [0.3, 0.4) is 0 Å². The van der Waals surface area contributed by atoms with Gasteiger partial charge in [-0.2, -0.15) is 5.10 Å². The zero-order valence-electron chi connectivity index (χ0n) is 11.7. The highest BCUT2D eigenvalue weighted by molar-refractivity contribution is 5.68. The Hall–Kier alpha value is -1.70. The van der Waals surface area contributed by atoms with Crippen molar-refractivity contribution in [2.45, 2.75) is 24.7 Å². The number of hydrogen-bond acceptors (Lipinski definition) is 6. The number of fused-ring (bicyclic) bond motifs is 1. The number of anilines is 1. The van der Waals surface area contributed by atoms with Crippen LogP contribution in [-0.2, 0) is 4.74 Å². The first kappa shape index (κ1) is 13.3. The fourth-order valence-corrected chi connectivity index (χ4v) is 2.57. The van der Waals surface area contributed by atoms with E-state index in [0.717, 1.165) is 11.3 Å². The molecule has 3 atom stereocenters. The second-order valence-corrected chi connectivity index (χ2v) is 5.49. The number of hydrogen-bond donors (Lipinski definition) is 2. The maximum Gasteiger partial charge on any atom is 0.156 e. The number of aliphatic hydroxyl groups is 2. The van der Waals surface area contributed by atoms with E-state index in [1.165, 1.54) is 6.33 Å². The number of aromatic nitrogens is 3. The van der Waals surface area contributed by atoms with Crippen molar-refractivity contribution in [2.75, 3.05) is 25.6 Å². The Morgan fingerprint density at radius 2 is 2.20 bits per heavy atom. The lowest BCUT2D eigenvalue weighted by molar-refractivity contribution is -0.0664. The molecule has 0 aromatic carbocycles. The van der Waals surface area contributed by atoms with Crippen LogP contribution in [-0.4, -0.2) is 57.2 Å². The highest BCUT2D eigenvalue weighted by atomic mass is 16.5. The largest absolute Gasteiger partial charge is 0.388 e. The molecular formula is C13H18N4O3. The zero-order chi connectivity index (χ0) is 14.5. The van der Waals surface area contributed by atoms with E-state index in [-0.39, 0.29) is 6.61 Å². The number of ether oxygens (including phenoxy) is 1. The van der Waals surface area contributed by atoms with E-state index in [0.29, 0.717) is 5.69 Å². The van der Waals surface area contributed by atoms with Gasteiger partial charge in [0.25, 0.3) is 0 Å². The fraction of sp³-hybridized carbons (Fsp3) is 0.538. The lowest BCUT2D eigenvalue weighted by Crippen LogP contribution is -2.40. The first-order chi connectivity index (χ1) is 9.43. The molecule has 1 saturated heterocycles. The fourth-order valence-electron chi connectivity index (χ4n) is 2.57. The molecule has 7 nitrogen and oxygen atoms in total. The molecule has 1 aliphatic heterocycles. The summed E-state index contributed by atoms with van der Waals surface area (Å²) in [7, 11) is 3.81. The van der Waals surface area contributed by atoms with Gasteiger partial charge < -0.3 is 19.8 Å². The first-order valence-electron chi connectivity index (χ1n) is 6.45. The van der Waals surface area contributed by atoms with Crippen molar-refractivity contribution in [3.8, 4) is 0 Å². The maximum atomic E-state index is 10.4. The summed E-state index contributed by atoms with van der Waals surface area (Å²) in [5.41, 5.74) is 0.192. The second-order valence-electron chi connectivity index (χ2n) is 5.49. The minimum atomic E-state index is -1.34. The van der Waals surface area contributed by atoms with E-state index in [1.807, 2.05) is 31.1 Å². The third kappa shape index (κ3) is 1.78. The number of rotatable bonds is 2. The Morgan fingerprint density at radius 1 is 1.45 bits per heavy atom. The van der Waals surface area contributed by atoms with Gasteiger partial charge in [-0.05, 0) is 19.1 Å². The van der Waals surface area contributed by atoms with Crippen LogP contribution in [0, 0.1) is 0 Å². The molecule has 108 valence electrons. The summed E-state index contributed by atoms with van der Waals surface area (Å²) in [5.74, 6) is 0.782. The van der Waals surface area contributed by atoms with Crippen LogP contribution in [0.2, 0.25) is 0 Å². The normalized spacial score (nSPS) is 30.1. The molecule has 1 aliphatic rings. The highest BCUT2D eigenvalue weighted by Gasteiger charge is 2.48. The molecule has 7 heteroatoms. The van der Waals surface area contributed by atoms with Crippen LogP contribution in [0.15, 0.2) is 18.5 Å². The van der Waals surface area contributed by atoms with Crippen molar-refractivity contribution in [2.24, 2.45) is 0 Å². The van der Waals surface area contributed by atoms with Crippen LogP contribution in [0.4, 0.5) is 5.82 Å². The van der Waals surface area contributed by atoms with Gasteiger partial charge in [0.05, 0.1) is 12.3 Å². The topological polar surface area (TPSA) is 83.1 Å². The molecule has 0 saturated carbocycles. The molecule has 0 unspecified atom stereocenters. The van der Waals surface area contributed by atoms with Crippen molar-refractivity contribution < 1.29 is 14.9 Å². The minimum Gasteiger partial charge on any atom is -0.388 e. The molecule has 2 N–H and O–H groups in total. The Morgan fingerprint density at radius 3 is 2.80 bits per heavy atom. The molecule has 1 fully saturated rings. The summed E-state index contributed by atoms with van der Waals surface area (Å²) in [6.07, 6.45) is -0.0653. The van der Waals surface area contributed by atoms with Crippen LogP contribution in [0.1, 0.15) is 18.7 Å². The smallest absolute Gasteiger partial charge is 0.156 e. The first-order valence-corrected chi connectivity index (χ1v) is 6.45. The second kappa shape index (κ2) is 4.41. The van der Waals surface area contributed by atoms with Crippen molar-refractivity contribution in [3.63, 3.8) is 0 Å². The van der Waals surface area contributed by atoms with E-state index in [2.05, 4.69) is 10.1 Å². The Bertz CT molecular complexity index is 638. The molecule has 0 amide bonds. The van der Waals surface area contributed by atoms with Gasteiger partial charge in [-0.1, -0.05) is 0 Å². The maximum absolute atomic E-state index is 10.4. The van der Waals surface area contributed by atoms with Gasteiger partial charge in [-0.25, -0.2) is 9.50 Å². The van der Waals surface area contributed by atoms with Gasteiger partial charge in [0.15, 0.2) is 5.82 Å². The highest BCUT2D eigenvalue weighted by Crippen LogP contribution is 2.38. The van der Waals surface area contributed by atoms with Crippen molar-refractivity contribution in [3.05, 3.63) is 24.2 Å². The van der Waals surface area contributed by atoms with E-state index < -0.39 is 17.8 Å². The van der Waals surface area contributed by atoms with E-state index in [1.54, 1.807) is 11.4 Å². The van der Waals surface area contributed by atoms with Crippen LogP contribution < -0.4 is 4.90 Å². The van der Waals surface area contributed by atoms with Crippen molar-refractivity contribution >= 4 is 11.3 Å². The van der Waals surface area contributed by atoms with Gasteiger partial charge in [-0.15, -0.1) is 0 Å². The zero-order valence-corrected chi connectivity index (χ0v) is 11.7. The molecular weight excluding hydrogens is 260 g/mol. The predicted octanol–water partition coefficient (Wildman–Crippen LogP) is -0.0215. The molecule has 3 heterocycles. The third-order valence-electron chi connectivity index (χ3n) is 3.78.